The van der Waals surface area contributed by atoms with Crippen LogP contribution in [0.15, 0.2) is 85.6 Å². The Labute approximate surface area is 168 Å². The van der Waals surface area contributed by atoms with Gasteiger partial charge in [0.15, 0.2) is 5.82 Å². The van der Waals surface area contributed by atoms with Gasteiger partial charge in [0, 0.05) is 42.1 Å². The second-order valence-corrected chi connectivity index (χ2v) is 6.54. The van der Waals surface area contributed by atoms with E-state index in [1.807, 2.05) is 61.5 Å². The van der Waals surface area contributed by atoms with Crippen LogP contribution in [-0.2, 0) is 0 Å². The zero-order chi connectivity index (χ0) is 20.1. The van der Waals surface area contributed by atoms with Crippen LogP contribution in [0, 0.1) is 0 Å². The molecule has 29 heavy (non-hydrogen) atoms. The summed E-state index contributed by atoms with van der Waals surface area (Å²) in [7, 11) is 0. The summed E-state index contributed by atoms with van der Waals surface area (Å²) in [5, 5.41) is 3.01. The lowest BCUT2D eigenvalue weighted by molar-refractivity contribution is 0.0940. The van der Waals surface area contributed by atoms with Crippen molar-refractivity contribution in [2.24, 2.45) is 0 Å². The number of nitrogens with zero attached hydrogens (tertiary/aromatic N) is 4. The fourth-order valence-corrected chi connectivity index (χ4v) is 2.99. The average molecular weight is 381 g/mol. The fourth-order valence-electron chi connectivity index (χ4n) is 2.99. The Kier molecular flexibility index (Phi) is 5.33. The van der Waals surface area contributed by atoms with Gasteiger partial charge in [0.2, 0.25) is 0 Å². The van der Waals surface area contributed by atoms with Crippen LogP contribution >= 0.6 is 0 Å². The normalized spacial score (nSPS) is 11.6. The van der Waals surface area contributed by atoms with E-state index in [1.54, 1.807) is 31.0 Å². The molecule has 0 bridgehead atoms. The van der Waals surface area contributed by atoms with Gasteiger partial charge in [0.05, 0.1) is 17.3 Å². The van der Waals surface area contributed by atoms with Gasteiger partial charge in [-0.15, -0.1) is 0 Å². The standard InChI is InChI=1S/C23H19N5O/c1-16(19-8-5-11-25-14-19)27-23(29)20-15-26-22(18-6-3-2-4-7-18)28-21(20)17-9-12-24-13-10-17/h2-16H,1H3,(H,27,29)/t16-/m0/s1. The van der Waals surface area contributed by atoms with E-state index < -0.39 is 0 Å². The van der Waals surface area contributed by atoms with Gasteiger partial charge in [-0.25, -0.2) is 9.97 Å². The molecule has 0 aliphatic rings. The summed E-state index contributed by atoms with van der Waals surface area (Å²) in [6.07, 6.45) is 8.38. The molecule has 0 aliphatic heterocycles. The lowest BCUT2D eigenvalue weighted by Gasteiger charge is -2.16. The molecule has 1 aromatic carbocycles. The molecule has 6 nitrogen and oxygen atoms in total. The van der Waals surface area contributed by atoms with E-state index in [2.05, 4.69) is 20.3 Å². The van der Waals surface area contributed by atoms with Gasteiger partial charge in [-0.3, -0.25) is 14.8 Å². The molecule has 0 radical (unpaired) electrons. The number of pyridine rings is 2. The maximum atomic E-state index is 13.0. The van der Waals surface area contributed by atoms with Crippen molar-refractivity contribution in [3.05, 3.63) is 96.7 Å². The number of hydrogen-bond donors (Lipinski definition) is 1. The van der Waals surface area contributed by atoms with Crippen LogP contribution in [0.25, 0.3) is 22.6 Å². The largest absolute Gasteiger partial charge is 0.345 e. The number of hydrogen-bond acceptors (Lipinski definition) is 5. The maximum Gasteiger partial charge on any atom is 0.255 e. The molecular weight excluding hydrogens is 362 g/mol. The van der Waals surface area contributed by atoms with Crippen molar-refractivity contribution in [2.45, 2.75) is 13.0 Å². The molecule has 6 heteroatoms. The molecular formula is C23H19N5O. The molecule has 3 heterocycles. The first-order valence-electron chi connectivity index (χ1n) is 9.26. The predicted molar refractivity (Wildman–Crippen MR) is 111 cm³/mol. The van der Waals surface area contributed by atoms with E-state index in [4.69, 9.17) is 4.98 Å². The van der Waals surface area contributed by atoms with Gasteiger partial charge in [0.1, 0.15) is 0 Å². The number of nitrogens with one attached hydrogen (secondary N) is 1. The van der Waals surface area contributed by atoms with Crippen molar-refractivity contribution in [3.8, 4) is 22.6 Å². The first-order valence-corrected chi connectivity index (χ1v) is 9.26. The van der Waals surface area contributed by atoms with Crippen molar-refractivity contribution in [2.75, 3.05) is 0 Å². The number of aromatic nitrogens is 4. The first kappa shape index (κ1) is 18.4. The lowest BCUT2D eigenvalue weighted by Crippen LogP contribution is -2.27. The smallest absolute Gasteiger partial charge is 0.255 e. The molecule has 4 rings (SSSR count). The van der Waals surface area contributed by atoms with Gasteiger partial charge < -0.3 is 5.32 Å². The summed E-state index contributed by atoms with van der Waals surface area (Å²) in [5.74, 6) is 0.321. The highest BCUT2D eigenvalue weighted by molar-refractivity contribution is 6.00. The quantitative estimate of drug-likeness (QED) is 0.563. The summed E-state index contributed by atoms with van der Waals surface area (Å²) in [5.41, 5.74) is 3.59. The minimum Gasteiger partial charge on any atom is -0.345 e. The molecule has 0 fully saturated rings. The Morgan fingerprint density at radius 3 is 2.38 bits per heavy atom. The Bertz CT molecular complexity index is 1100. The fraction of sp³-hybridized carbons (Fsp3) is 0.0870. The molecule has 0 spiro atoms. The number of carbonyl (C=O) groups excluding carboxylic acids is 1. The van der Waals surface area contributed by atoms with E-state index in [1.165, 1.54) is 0 Å². The number of carbonyl (C=O) groups is 1. The molecule has 1 atom stereocenters. The zero-order valence-corrected chi connectivity index (χ0v) is 15.9. The van der Waals surface area contributed by atoms with E-state index in [9.17, 15) is 4.79 Å². The second-order valence-electron chi connectivity index (χ2n) is 6.54. The van der Waals surface area contributed by atoms with Crippen LogP contribution < -0.4 is 5.32 Å². The summed E-state index contributed by atoms with van der Waals surface area (Å²) in [6.45, 7) is 1.92. The van der Waals surface area contributed by atoms with Crippen molar-refractivity contribution in [1.82, 2.24) is 25.3 Å². The Balaban J connectivity index is 1.71. The number of amides is 1. The Morgan fingerprint density at radius 2 is 1.66 bits per heavy atom. The SMILES string of the molecule is C[C@H](NC(=O)c1cnc(-c2ccccc2)nc1-c1ccncc1)c1cccnc1. The molecule has 0 unspecified atom stereocenters. The van der Waals surface area contributed by atoms with E-state index in [0.29, 0.717) is 17.1 Å². The van der Waals surface area contributed by atoms with Crippen molar-refractivity contribution in [1.29, 1.82) is 0 Å². The molecule has 4 aromatic rings. The summed E-state index contributed by atoms with van der Waals surface area (Å²) in [4.78, 5) is 30.4. The van der Waals surface area contributed by atoms with Crippen LogP contribution in [0.2, 0.25) is 0 Å². The van der Waals surface area contributed by atoms with Crippen molar-refractivity contribution in [3.63, 3.8) is 0 Å². The Morgan fingerprint density at radius 1 is 0.862 bits per heavy atom. The molecule has 142 valence electrons. The third-order valence-corrected chi connectivity index (χ3v) is 4.55. The van der Waals surface area contributed by atoms with Crippen molar-refractivity contribution < 1.29 is 4.79 Å². The van der Waals surface area contributed by atoms with Crippen LogP contribution in [0.3, 0.4) is 0 Å². The van der Waals surface area contributed by atoms with Crippen LogP contribution in [0.5, 0.6) is 0 Å². The summed E-state index contributed by atoms with van der Waals surface area (Å²) < 4.78 is 0. The predicted octanol–water partition coefficient (Wildman–Crippen LogP) is 4.09. The molecule has 3 aromatic heterocycles. The highest BCUT2D eigenvalue weighted by atomic mass is 16.1. The van der Waals surface area contributed by atoms with Crippen molar-refractivity contribution >= 4 is 5.91 Å². The summed E-state index contributed by atoms with van der Waals surface area (Å²) in [6, 6.07) is 16.9. The minimum absolute atomic E-state index is 0.199. The van der Waals surface area contributed by atoms with Gasteiger partial charge in [-0.1, -0.05) is 36.4 Å². The molecule has 0 saturated carbocycles. The second kappa shape index (κ2) is 8.39. The molecule has 1 amide bonds. The minimum atomic E-state index is -0.243. The van der Waals surface area contributed by atoms with Gasteiger partial charge in [0.25, 0.3) is 5.91 Å². The molecule has 1 N–H and O–H groups in total. The third-order valence-electron chi connectivity index (χ3n) is 4.55. The lowest BCUT2D eigenvalue weighted by atomic mass is 10.1. The monoisotopic (exact) mass is 381 g/mol. The van der Waals surface area contributed by atoms with Crippen LogP contribution in [-0.4, -0.2) is 25.8 Å². The van der Waals surface area contributed by atoms with Crippen LogP contribution in [0.1, 0.15) is 28.9 Å². The first-order chi connectivity index (χ1) is 14.2. The van der Waals surface area contributed by atoms with E-state index in [0.717, 1.165) is 16.7 Å². The maximum absolute atomic E-state index is 13.0. The van der Waals surface area contributed by atoms with Gasteiger partial charge in [-0.05, 0) is 30.7 Å². The third kappa shape index (κ3) is 4.16. The van der Waals surface area contributed by atoms with Crippen LogP contribution in [0.4, 0.5) is 0 Å². The van der Waals surface area contributed by atoms with E-state index in [-0.39, 0.29) is 11.9 Å². The van der Waals surface area contributed by atoms with Gasteiger partial charge >= 0.3 is 0 Å². The average Bonchev–Trinajstić information content (AvgIpc) is 2.80. The van der Waals surface area contributed by atoms with Gasteiger partial charge in [-0.2, -0.15) is 0 Å². The number of rotatable bonds is 5. The molecule has 0 aliphatic carbocycles. The Hall–Kier alpha value is -3.93. The van der Waals surface area contributed by atoms with E-state index >= 15 is 0 Å². The highest BCUT2D eigenvalue weighted by Gasteiger charge is 2.19. The highest BCUT2D eigenvalue weighted by Crippen LogP contribution is 2.25. The molecule has 0 saturated heterocycles. The number of benzene rings is 1. The topological polar surface area (TPSA) is 80.7 Å². The zero-order valence-electron chi connectivity index (χ0n) is 15.9. The summed E-state index contributed by atoms with van der Waals surface area (Å²) >= 11 is 0.